The molecule has 1 heterocycles. The van der Waals surface area contributed by atoms with E-state index in [1.165, 1.54) is 20.3 Å². The fourth-order valence-corrected chi connectivity index (χ4v) is 3.03. The second-order valence-corrected chi connectivity index (χ2v) is 6.86. The maximum absolute atomic E-state index is 14.4. The summed E-state index contributed by atoms with van der Waals surface area (Å²) in [7, 11) is 2.93. The number of methoxy groups -OCH3 is 2. The largest absolute Gasteiger partial charge is 0.493 e. The molecular formula is C20H28FN3O3. The summed E-state index contributed by atoms with van der Waals surface area (Å²) in [6.07, 6.45) is 2.27. The van der Waals surface area contributed by atoms with E-state index in [-0.39, 0.29) is 5.91 Å². The van der Waals surface area contributed by atoms with E-state index < -0.39 is 11.9 Å². The summed E-state index contributed by atoms with van der Waals surface area (Å²) in [5.74, 6) is 0.399. The maximum atomic E-state index is 14.4. The molecule has 0 radical (unpaired) electrons. The van der Waals surface area contributed by atoms with Crippen molar-refractivity contribution in [1.82, 2.24) is 15.1 Å². The zero-order chi connectivity index (χ0) is 20.1. The number of amides is 1. The van der Waals surface area contributed by atoms with Gasteiger partial charge in [0.15, 0.2) is 11.5 Å². The van der Waals surface area contributed by atoms with Gasteiger partial charge in [0.2, 0.25) is 0 Å². The predicted octanol–water partition coefficient (Wildman–Crippen LogP) is 3.75. The molecule has 2 aromatic rings. The van der Waals surface area contributed by atoms with Crippen molar-refractivity contribution in [3.63, 3.8) is 0 Å². The first-order chi connectivity index (χ1) is 12.8. The minimum atomic E-state index is -0.546. The molecule has 148 valence electrons. The third-order valence-corrected chi connectivity index (χ3v) is 4.38. The van der Waals surface area contributed by atoms with Crippen LogP contribution in [0.4, 0.5) is 4.39 Å². The number of benzene rings is 1. The fraction of sp³-hybridized carbons (Fsp3) is 0.500. The van der Waals surface area contributed by atoms with Gasteiger partial charge in [-0.05, 0) is 25.3 Å². The minimum Gasteiger partial charge on any atom is -0.493 e. The standard InChI is InChI=1S/C20H28FN3O3/c1-7-17-15(10-22-24(17)11-12(2)3)20(25)23-13(4)14-8-18(26-5)19(27-6)9-16(14)21/h8-10,12-13H,7,11H2,1-6H3,(H,23,25)/t13-/m0/s1. The summed E-state index contributed by atoms with van der Waals surface area (Å²) in [5, 5.41) is 7.20. The molecule has 1 aromatic heterocycles. The Morgan fingerprint density at radius 1 is 1.22 bits per heavy atom. The molecule has 0 unspecified atom stereocenters. The summed E-state index contributed by atoms with van der Waals surface area (Å²) in [4.78, 5) is 12.8. The number of hydrogen-bond donors (Lipinski definition) is 1. The van der Waals surface area contributed by atoms with Crippen molar-refractivity contribution < 1.29 is 18.7 Å². The number of rotatable bonds is 8. The molecule has 0 fully saturated rings. The van der Waals surface area contributed by atoms with Gasteiger partial charge in [-0.3, -0.25) is 9.48 Å². The van der Waals surface area contributed by atoms with Crippen molar-refractivity contribution in [1.29, 1.82) is 0 Å². The van der Waals surface area contributed by atoms with Crippen molar-refractivity contribution in [3.05, 3.63) is 41.0 Å². The Labute approximate surface area is 159 Å². The molecule has 1 atom stereocenters. The van der Waals surface area contributed by atoms with Gasteiger partial charge >= 0.3 is 0 Å². The molecular weight excluding hydrogens is 349 g/mol. The Hall–Kier alpha value is -2.57. The van der Waals surface area contributed by atoms with Crippen LogP contribution in [0.1, 0.15) is 55.4 Å². The van der Waals surface area contributed by atoms with Crippen LogP contribution in [-0.2, 0) is 13.0 Å². The molecule has 2 rings (SSSR count). The Morgan fingerprint density at radius 2 is 1.85 bits per heavy atom. The first-order valence-electron chi connectivity index (χ1n) is 9.09. The van der Waals surface area contributed by atoms with Gasteiger partial charge in [0.05, 0.1) is 37.7 Å². The lowest BCUT2D eigenvalue weighted by Gasteiger charge is -2.18. The van der Waals surface area contributed by atoms with E-state index in [4.69, 9.17) is 9.47 Å². The quantitative estimate of drug-likeness (QED) is 0.761. The molecule has 1 aromatic carbocycles. The van der Waals surface area contributed by atoms with E-state index in [0.29, 0.717) is 35.0 Å². The van der Waals surface area contributed by atoms with Gasteiger partial charge in [-0.2, -0.15) is 5.10 Å². The first-order valence-corrected chi connectivity index (χ1v) is 9.09. The molecule has 27 heavy (non-hydrogen) atoms. The zero-order valence-corrected chi connectivity index (χ0v) is 16.8. The van der Waals surface area contributed by atoms with E-state index in [0.717, 1.165) is 12.2 Å². The second kappa shape index (κ2) is 8.88. The molecule has 6 nitrogen and oxygen atoms in total. The van der Waals surface area contributed by atoms with Crippen molar-refractivity contribution in [2.75, 3.05) is 14.2 Å². The smallest absolute Gasteiger partial charge is 0.255 e. The van der Waals surface area contributed by atoms with Crippen molar-refractivity contribution in [3.8, 4) is 11.5 Å². The van der Waals surface area contributed by atoms with Crippen molar-refractivity contribution in [2.24, 2.45) is 5.92 Å². The van der Waals surface area contributed by atoms with Crippen LogP contribution >= 0.6 is 0 Å². The first kappa shape index (κ1) is 20.7. The van der Waals surface area contributed by atoms with Gasteiger partial charge < -0.3 is 14.8 Å². The fourth-order valence-electron chi connectivity index (χ4n) is 3.03. The Balaban J connectivity index is 2.25. The number of carbonyl (C=O) groups excluding carboxylic acids is 1. The highest BCUT2D eigenvalue weighted by Gasteiger charge is 2.21. The van der Waals surface area contributed by atoms with Crippen LogP contribution in [-0.4, -0.2) is 29.9 Å². The summed E-state index contributed by atoms with van der Waals surface area (Å²) in [5.41, 5.74) is 1.72. The van der Waals surface area contributed by atoms with Crippen LogP contribution < -0.4 is 14.8 Å². The lowest BCUT2D eigenvalue weighted by atomic mass is 10.1. The van der Waals surface area contributed by atoms with Crippen LogP contribution in [0.5, 0.6) is 11.5 Å². The van der Waals surface area contributed by atoms with Gasteiger partial charge in [0, 0.05) is 18.2 Å². The van der Waals surface area contributed by atoms with Crippen LogP contribution in [0, 0.1) is 11.7 Å². The number of halogens is 1. The number of nitrogens with one attached hydrogen (secondary N) is 1. The average molecular weight is 377 g/mol. The zero-order valence-electron chi connectivity index (χ0n) is 16.8. The molecule has 0 aliphatic carbocycles. The third-order valence-electron chi connectivity index (χ3n) is 4.38. The van der Waals surface area contributed by atoms with Gasteiger partial charge in [0.1, 0.15) is 5.82 Å². The molecule has 0 aliphatic rings. The van der Waals surface area contributed by atoms with Crippen molar-refractivity contribution in [2.45, 2.75) is 46.7 Å². The van der Waals surface area contributed by atoms with E-state index >= 15 is 0 Å². The minimum absolute atomic E-state index is 0.274. The lowest BCUT2D eigenvalue weighted by Crippen LogP contribution is -2.28. The topological polar surface area (TPSA) is 65.4 Å². The number of nitrogens with zero attached hydrogens (tertiary/aromatic N) is 2. The van der Waals surface area contributed by atoms with Gasteiger partial charge in [-0.25, -0.2) is 4.39 Å². The Morgan fingerprint density at radius 3 is 2.41 bits per heavy atom. The highest BCUT2D eigenvalue weighted by molar-refractivity contribution is 5.95. The van der Waals surface area contributed by atoms with Crippen LogP contribution in [0.25, 0.3) is 0 Å². The summed E-state index contributed by atoms with van der Waals surface area (Å²) >= 11 is 0. The molecule has 0 aliphatic heterocycles. The summed E-state index contributed by atoms with van der Waals surface area (Å²) in [6.45, 7) is 8.66. The number of aromatic nitrogens is 2. The molecule has 0 saturated carbocycles. The van der Waals surface area contributed by atoms with Crippen LogP contribution in [0.2, 0.25) is 0 Å². The van der Waals surface area contributed by atoms with E-state index in [2.05, 4.69) is 24.3 Å². The highest BCUT2D eigenvalue weighted by atomic mass is 19.1. The Kier molecular flexibility index (Phi) is 6.82. The summed E-state index contributed by atoms with van der Waals surface area (Å²) in [6, 6.07) is 2.26. The molecule has 1 amide bonds. The molecule has 1 N–H and O–H groups in total. The number of hydrogen-bond acceptors (Lipinski definition) is 4. The molecule has 7 heteroatoms. The number of carbonyl (C=O) groups is 1. The second-order valence-electron chi connectivity index (χ2n) is 6.86. The Bertz CT molecular complexity index is 802. The average Bonchev–Trinajstić information content (AvgIpc) is 3.03. The summed E-state index contributed by atoms with van der Waals surface area (Å²) < 4.78 is 26.6. The van der Waals surface area contributed by atoms with Gasteiger partial charge in [-0.15, -0.1) is 0 Å². The lowest BCUT2D eigenvalue weighted by molar-refractivity contribution is 0.0938. The highest BCUT2D eigenvalue weighted by Crippen LogP contribution is 2.32. The SMILES string of the molecule is CCc1c(C(=O)N[C@@H](C)c2cc(OC)c(OC)cc2F)cnn1CC(C)C. The van der Waals surface area contributed by atoms with E-state index in [1.54, 1.807) is 19.2 Å². The van der Waals surface area contributed by atoms with Crippen molar-refractivity contribution >= 4 is 5.91 Å². The van der Waals surface area contributed by atoms with Crippen LogP contribution in [0.3, 0.4) is 0 Å². The predicted molar refractivity (Wildman–Crippen MR) is 102 cm³/mol. The normalized spacial score (nSPS) is 12.1. The van der Waals surface area contributed by atoms with Gasteiger partial charge in [0.25, 0.3) is 5.91 Å². The molecule has 0 spiro atoms. The van der Waals surface area contributed by atoms with Crippen LogP contribution in [0.15, 0.2) is 18.3 Å². The maximum Gasteiger partial charge on any atom is 0.255 e. The monoisotopic (exact) mass is 377 g/mol. The van der Waals surface area contributed by atoms with E-state index in [9.17, 15) is 9.18 Å². The molecule has 0 saturated heterocycles. The van der Waals surface area contributed by atoms with E-state index in [1.807, 2.05) is 11.6 Å². The van der Waals surface area contributed by atoms with Gasteiger partial charge in [-0.1, -0.05) is 20.8 Å². The number of ether oxygens (including phenoxy) is 2. The third kappa shape index (κ3) is 4.59. The molecule has 0 bridgehead atoms.